The largest absolute Gasteiger partial charge is 0.493 e. The number of hydrogen-bond acceptors (Lipinski definition) is 2. The number of nitrogen functional groups attached to an aromatic ring is 1. The summed E-state index contributed by atoms with van der Waals surface area (Å²) in [4.78, 5) is 0. The summed E-state index contributed by atoms with van der Waals surface area (Å²) in [5, 5.41) is 0.575. The summed E-state index contributed by atoms with van der Waals surface area (Å²) in [6.45, 7) is 2.79. The van der Waals surface area contributed by atoms with Crippen molar-refractivity contribution in [3.63, 3.8) is 0 Å². The van der Waals surface area contributed by atoms with Crippen molar-refractivity contribution in [2.75, 3.05) is 12.3 Å². The topological polar surface area (TPSA) is 35.2 Å². The van der Waals surface area contributed by atoms with Gasteiger partial charge in [0, 0.05) is 5.56 Å². The second-order valence-corrected chi connectivity index (χ2v) is 4.49. The van der Waals surface area contributed by atoms with E-state index >= 15 is 0 Å². The molecule has 0 fully saturated rings. The lowest BCUT2D eigenvalue weighted by Crippen LogP contribution is -1.97. The number of hydrogen-bond donors (Lipinski definition) is 1. The van der Waals surface area contributed by atoms with E-state index < -0.39 is 0 Å². The molecule has 0 heterocycles. The fourth-order valence-corrected chi connectivity index (χ4v) is 1.87. The maximum absolute atomic E-state index is 5.94. The second kappa shape index (κ2) is 5.78. The Morgan fingerprint density at radius 1 is 1.17 bits per heavy atom. The first kappa shape index (κ1) is 12.8. The predicted molar refractivity (Wildman–Crippen MR) is 77.1 cm³/mol. The summed E-state index contributed by atoms with van der Waals surface area (Å²) in [6, 6.07) is 13.6. The van der Waals surface area contributed by atoms with Gasteiger partial charge in [0.15, 0.2) is 0 Å². The molecule has 0 unspecified atom stereocenters. The lowest BCUT2D eigenvalue weighted by atomic mass is 10.0. The van der Waals surface area contributed by atoms with E-state index in [1.54, 1.807) is 0 Å². The molecule has 3 heteroatoms. The molecule has 0 saturated heterocycles. The van der Waals surface area contributed by atoms with Crippen molar-refractivity contribution in [3.8, 4) is 16.9 Å². The first-order valence-electron chi connectivity index (χ1n) is 5.99. The SMILES string of the molecule is CCCOc1ccccc1-c1ccc(Cl)c(N)c1. The van der Waals surface area contributed by atoms with Gasteiger partial charge in [-0.05, 0) is 30.2 Å². The van der Waals surface area contributed by atoms with Crippen LogP contribution in [0, 0.1) is 0 Å². The minimum atomic E-state index is 0.575. The average Bonchev–Trinajstić information content (AvgIpc) is 2.40. The van der Waals surface area contributed by atoms with Gasteiger partial charge >= 0.3 is 0 Å². The third kappa shape index (κ3) is 2.77. The molecular formula is C15H16ClNO. The van der Waals surface area contributed by atoms with Crippen LogP contribution in [-0.2, 0) is 0 Å². The van der Waals surface area contributed by atoms with E-state index in [0.717, 1.165) is 23.3 Å². The molecule has 2 N–H and O–H groups in total. The molecule has 2 aromatic rings. The number of halogens is 1. The van der Waals surface area contributed by atoms with Crippen molar-refractivity contribution >= 4 is 17.3 Å². The van der Waals surface area contributed by atoms with Crippen LogP contribution >= 0.6 is 11.6 Å². The molecule has 0 aliphatic carbocycles. The van der Waals surface area contributed by atoms with E-state index in [1.165, 1.54) is 0 Å². The first-order chi connectivity index (χ1) is 8.72. The highest BCUT2D eigenvalue weighted by molar-refractivity contribution is 6.33. The van der Waals surface area contributed by atoms with E-state index in [-0.39, 0.29) is 0 Å². The zero-order valence-corrected chi connectivity index (χ0v) is 11.1. The third-order valence-electron chi connectivity index (χ3n) is 2.66. The summed E-state index contributed by atoms with van der Waals surface area (Å²) >= 11 is 5.94. The van der Waals surface area contributed by atoms with Crippen LogP contribution in [0.2, 0.25) is 5.02 Å². The Morgan fingerprint density at radius 2 is 1.94 bits per heavy atom. The Hall–Kier alpha value is -1.67. The highest BCUT2D eigenvalue weighted by Gasteiger charge is 2.07. The standard InChI is InChI=1S/C15H16ClNO/c1-2-9-18-15-6-4-3-5-12(15)11-7-8-13(16)14(17)10-11/h3-8,10H,2,9,17H2,1H3. The predicted octanol–water partition coefficient (Wildman–Crippen LogP) is 4.38. The van der Waals surface area contributed by atoms with Crippen LogP contribution in [0.5, 0.6) is 5.75 Å². The summed E-state index contributed by atoms with van der Waals surface area (Å²) in [7, 11) is 0. The molecule has 0 aromatic heterocycles. The zero-order valence-electron chi connectivity index (χ0n) is 10.3. The van der Waals surface area contributed by atoms with E-state index in [0.29, 0.717) is 17.3 Å². The van der Waals surface area contributed by atoms with Crippen LogP contribution in [0.3, 0.4) is 0 Å². The van der Waals surface area contributed by atoms with Gasteiger partial charge in [0.1, 0.15) is 5.75 Å². The number of nitrogens with two attached hydrogens (primary N) is 1. The number of ether oxygens (including phenoxy) is 1. The van der Waals surface area contributed by atoms with Crippen LogP contribution in [0.15, 0.2) is 42.5 Å². The average molecular weight is 262 g/mol. The van der Waals surface area contributed by atoms with Crippen molar-refractivity contribution in [2.45, 2.75) is 13.3 Å². The minimum absolute atomic E-state index is 0.575. The van der Waals surface area contributed by atoms with E-state index in [4.69, 9.17) is 22.1 Å². The van der Waals surface area contributed by atoms with Crippen molar-refractivity contribution in [1.82, 2.24) is 0 Å². The molecule has 2 aromatic carbocycles. The van der Waals surface area contributed by atoms with Gasteiger partial charge in [-0.3, -0.25) is 0 Å². The molecule has 0 spiro atoms. The summed E-state index contributed by atoms with van der Waals surface area (Å²) in [6.07, 6.45) is 0.983. The van der Waals surface area contributed by atoms with Gasteiger partial charge in [0.05, 0.1) is 17.3 Å². The molecular weight excluding hydrogens is 246 g/mol. The van der Waals surface area contributed by atoms with Crippen molar-refractivity contribution < 1.29 is 4.74 Å². The fraction of sp³-hybridized carbons (Fsp3) is 0.200. The first-order valence-corrected chi connectivity index (χ1v) is 6.37. The van der Waals surface area contributed by atoms with Crippen LogP contribution in [0.25, 0.3) is 11.1 Å². The van der Waals surface area contributed by atoms with Gasteiger partial charge in [-0.15, -0.1) is 0 Å². The molecule has 0 saturated carbocycles. The number of para-hydroxylation sites is 1. The Kier molecular flexibility index (Phi) is 4.11. The zero-order chi connectivity index (χ0) is 13.0. The molecule has 18 heavy (non-hydrogen) atoms. The Balaban J connectivity index is 2.39. The maximum atomic E-state index is 5.94. The molecule has 2 nitrogen and oxygen atoms in total. The smallest absolute Gasteiger partial charge is 0.127 e. The van der Waals surface area contributed by atoms with Gasteiger partial charge < -0.3 is 10.5 Å². The molecule has 0 amide bonds. The van der Waals surface area contributed by atoms with Gasteiger partial charge in [-0.25, -0.2) is 0 Å². The quantitative estimate of drug-likeness (QED) is 0.829. The fourth-order valence-electron chi connectivity index (χ4n) is 1.75. The number of benzene rings is 2. The van der Waals surface area contributed by atoms with Crippen molar-refractivity contribution in [2.24, 2.45) is 0 Å². The molecule has 0 radical (unpaired) electrons. The minimum Gasteiger partial charge on any atom is -0.493 e. The Labute approximate surface area is 112 Å². The second-order valence-electron chi connectivity index (χ2n) is 4.08. The van der Waals surface area contributed by atoms with Gasteiger partial charge in [-0.1, -0.05) is 42.8 Å². The van der Waals surface area contributed by atoms with Gasteiger partial charge in [-0.2, -0.15) is 0 Å². The van der Waals surface area contributed by atoms with E-state index in [9.17, 15) is 0 Å². The highest BCUT2D eigenvalue weighted by Crippen LogP contribution is 2.33. The molecule has 0 aliphatic rings. The van der Waals surface area contributed by atoms with Crippen molar-refractivity contribution in [3.05, 3.63) is 47.5 Å². The Bertz CT molecular complexity index is 540. The van der Waals surface area contributed by atoms with E-state index in [1.807, 2.05) is 42.5 Å². The van der Waals surface area contributed by atoms with Crippen molar-refractivity contribution in [1.29, 1.82) is 0 Å². The lowest BCUT2D eigenvalue weighted by Gasteiger charge is -2.11. The van der Waals surface area contributed by atoms with E-state index in [2.05, 4.69) is 6.92 Å². The van der Waals surface area contributed by atoms with Gasteiger partial charge in [0.25, 0.3) is 0 Å². The summed E-state index contributed by atoms with van der Waals surface area (Å²) < 4.78 is 5.74. The summed E-state index contributed by atoms with van der Waals surface area (Å²) in [5.41, 5.74) is 8.47. The van der Waals surface area contributed by atoms with Gasteiger partial charge in [0.2, 0.25) is 0 Å². The number of rotatable bonds is 4. The normalized spacial score (nSPS) is 10.3. The number of anilines is 1. The molecule has 2 rings (SSSR count). The monoisotopic (exact) mass is 261 g/mol. The molecule has 94 valence electrons. The molecule has 0 aliphatic heterocycles. The maximum Gasteiger partial charge on any atom is 0.127 e. The summed E-state index contributed by atoms with van der Waals surface area (Å²) in [5.74, 6) is 0.876. The molecule has 0 atom stereocenters. The van der Waals surface area contributed by atoms with Crippen LogP contribution in [-0.4, -0.2) is 6.61 Å². The van der Waals surface area contributed by atoms with Crippen LogP contribution in [0.1, 0.15) is 13.3 Å². The highest BCUT2D eigenvalue weighted by atomic mass is 35.5. The third-order valence-corrected chi connectivity index (χ3v) is 3.00. The molecule has 0 bridgehead atoms. The van der Waals surface area contributed by atoms with Crippen LogP contribution in [0.4, 0.5) is 5.69 Å². The Morgan fingerprint density at radius 3 is 2.67 bits per heavy atom. The lowest BCUT2D eigenvalue weighted by molar-refractivity contribution is 0.318. The van der Waals surface area contributed by atoms with Crippen LogP contribution < -0.4 is 10.5 Å².